The van der Waals surface area contributed by atoms with Crippen molar-refractivity contribution in [3.8, 4) is 43.9 Å². The first kappa shape index (κ1) is 50.4. The molecule has 0 aliphatic carbocycles. The summed E-state index contributed by atoms with van der Waals surface area (Å²) in [5, 5.41) is 30.1. The SMILES string of the molecule is Cc1ccsc1-c1ccc([C@H](C)NC(=O)[C@@H]2C[C@@H](O)CN2C(=O)[C@@H](NC(=O)COCCOCCOCCOc2ccc(Oc3c(-c4ccc(Cl)cc4)sc4cc(O)ccc34)cc2)C(C)(C)C)cc1. The summed E-state index contributed by atoms with van der Waals surface area (Å²) in [5.74, 6) is 0.870. The molecule has 2 aromatic heterocycles. The first-order valence-electron chi connectivity index (χ1n) is 22.5. The summed E-state index contributed by atoms with van der Waals surface area (Å²) in [6.45, 7) is 10.8. The molecule has 0 unspecified atom stereocenters. The molecule has 1 aliphatic rings. The highest BCUT2D eigenvalue weighted by Crippen LogP contribution is 2.47. The van der Waals surface area contributed by atoms with Crippen LogP contribution in [-0.4, -0.2) is 104 Å². The number of rotatable bonds is 21. The second kappa shape index (κ2) is 23.2. The van der Waals surface area contributed by atoms with Crippen LogP contribution in [0.1, 0.15) is 51.3 Å². The molecular formula is C52H58ClN3O10S2. The van der Waals surface area contributed by atoms with E-state index < -0.39 is 35.4 Å². The molecule has 4 atom stereocenters. The summed E-state index contributed by atoms with van der Waals surface area (Å²) in [4.78, 5) is 44.2. The van der Waals surface area contributed by atoms with Gasteiger partial charge in [-0.1, -0.05) is 68.8 Å². The minimum atomic E-state index is -0.972. The van der Waals surface area contributed by atoms with Crippen molar-refractivity contribution in [2.45, 2.75) is 65.3 Å². The van der Waals surface area contributed by atoms with Crippen LogP contribution in [0.25, 0.3) is 31.0 Å². The van der Waals surface area contributed by atoms with Gasteiger partial charge >= 0.3 is 0 Å². The van der Waals surface area contributed by atoms with Crippen LogP contribution in [0.3, 0.4) is 0 Å². The van der Waals surface area contributed by atoms with E-state index in [-0.39, 0.29) is 50.5 Å². The Kier molecular flexibility index (Phi) is 17.2. The minimum absolute atomic E-state index is 0.0195. The van der Waals surface area contributed by atoms with Gasteiger partial charge in [0, 0.05) is 33.0 Å². The predicted molar refractivity (Wildman–Crippen MR) is 267 cm³/mol. The van der Waals surface area contributed by atoms with Gasteiger partial charge in [-0.15, -0.1) is 22.7 Å². The van der Waals surface area contributed by atoms with Crippen molar-refractivity contribution in [2.24, 2.45) is 5.41 Å². The molecule has 1 aliphatic heterocycles. The summed E-state index contributed by atoms with van der Waals surface area (Å²) in [6.07, 6.45) is -0.784. The Balaban J connectivity index is 0.780. The van der Waals surface area contributed by atoms with E-state index in [0.29, 0.717) is 48.7 Å². The van der Waals surface area contributed by atoms with Crippen molar-refractivity contribution in [1.29, 1.82) is 0 Å². The molecule has 13 nitrogen and oxygen atoms in total. The number of likely N-dealkylation sites (tertiary alicyclic amines) is 1. The summed E-state index contributed by atoms with van der Waals surface area (Å²) in [6, 6.07) is 28.0. The standard InChI is InChI=1S/C52H58ClN3O10S2/c1-32-20-27-67-47(32)35-8-6-34(7-9-35)33(2)54-50(60)43-28-39(58)30-56(43)51(61)49(52(3,4)5)55-45(59)31-64-24-23-62-21-22-63-25-26-65-40-15-17-41(18-16-40)66-46-42-19-14-38(57)29-44(42)68-48(46)36-10-12-37(53)13-11-36/h6-20,27,29,33,39,43,49,57-58H,21-26,28,30-31H2,1-5H3,(H,54,60)(H,55,59)/t33-,39+,43-,49+/m0/s1. The number of aliphatic hydroxyl groups is 1. The average molecular weight is 985 g/mol. The number of thiophene rings is 2. The van der Waals surface area contributed by atoms with E-state index in [4.69, 9.17) is 35.3 Å². The Bertz CT molecular complexity index is 2630. The number of fused-ring (bicyclic) bond motifs is 1. The van der Waals surface area contributed by atoms with Gasteiger partial charge in [0.2, 0.25) is 17.7 Å². The van der Waals surface area contributed by atoms with Gasteiger partial charge in [-0.05, 0) is 108 Å². The van der Waals surface area contributed by atoms with Crippen LogP contribution in [0, 0.1) is 12.3 Å². The predicted octanol–water partition coefficient (Wildman–Crippen LogP) is 9.56. The number of amides is 3. The van der Waals surface area contributed by atoms with Gasteiger partial charge in [-0.25, -0.2) is 0 Å². The van der Waals surface area contributed by atoms with Crippen LogP contribution in [0.5, 0.6) is 23.0 Å². The molecule has 1 saturated heterocycles. The van der Waals surface area contributed by atoms with Crippen molar-refractivity contribution in [3.05, 3.63) is 119 Å². The number of aliphatic hydroxyl groups excluding tert-OH is 1. The van der Waals surface area contributed by atoms with E-state index in [2.05, 4.69) is 29.0 Å². The third kappa shape index (κ3) is 13.2. The van der Waals surface area contributed by atoms with E-state index in [1.54, 1.807) is 23.5 Å². The zero-order valence-corrected chi connectivity index (χ0v) is 41.2. The van der Waals surface area contributed by atoms with E-state index >= 15 is 0 Å². The largest absolute Gasteiger partial charge is 0.508 e. The number of benzene rings is 4. The summed E-state index contributed by atoms with van der Waals surface area (Å²) in [5.41, 5.74) is 3.48. The quantitative estimate of drug-likeness (QED) is 0.0511. The number of aromatic hydroxyl groups is 1. The number of hydrogen-bond donors (Lipinski definition) is 4. The molecule has 4 aromatic carbocycles. The van der Waals surface area contributed by atoms with Crippen LogP contribution < -0.4 is 20.1 Å². The smallest absolute Gasteiger partial charge is 0.246 e. The molecule has 7 rings (SSSR count). The molecule has 0 radical (unpaired) electrons. The van der Waals surface area contributed by atoms with Gasteiger partial charge in [-0.3, -0.25) is 14.4 Å². The van der Waals surface area contributed by atoms with E-state index in [1.807, 2.05) is 107 Å². The van der Waals surface area contributed by atoms with E-state index in [9.17, 15) is 24.6 Å². The van der Waals surface area contributed by atoms with Gasteiger partial charge in [-0.2, -0.15) is 0 Å². The molecule has 0 spiro atoms. The Morgan fingerprint density at radius 3 is 2.10 bits per heavy atom. The molecule has 0 bridgehead atoms. The topological polar surface area (TPSA) is 165 Å². The molecule has 3 heterocycles. The minimum Gasteiger partial charge on any atom is -0.508 e. The third-order valence-electron chi connectivity index (χ3n) is 11.4. The molecule has 3 amide bonds. The summed E-state index contributed by atoms with van der Waals surface area (Å²) >= 11 is 9.35. The average Bonchev–Trinajstić information content (AvgIpc) is 4.03. The van der Waals surface area contributed by atoms with Crippen LogP contribution in [0.2, 0.25) is 5.02 Å². The number of phenolic OH excluding ortho intramolecular Hbond substituents is 1. The highest BCUT2D eigenvalue weighted by molar-refractivity contribution is 7.22. The maximum atomic E-state index is 14.0. The van der Waals surface area contributed by atoms with Gasteiger partial charge < -0.3 is 49.4 Å². The van der Waals surface area contributed by atoms with Crippen LogP contribution in [0.4, 0.5) is 0 Å². The fraction of sp³-hybridized carbons (Fsp3) is 0.365. The van der Waals surface area contributed by atoms with E-state index in [0.717, 1.165) is 31.7 Å². The second-order valence-electron chi connectivity index (χ2n) is 17.7. The number of hydrogen-bond acceptors (Lipinski definition) is 12. The van der Waals surface area contributed by atoms with Crippen LogP contribution >= 0.6 is 34.3 Å². The van der Waals surface area contributed by atoms with Gasteiger partial charge in [0.1, 0.15) is 42.5 Å². The lowest BCUT2D eigenvalue weighted by atomic mass is 9.85. The fourth-order valence-electron chi connectivity index (χ4n) is 7.81. The normalized spacial score (nSPS) is 15.8. The molecule has 0 saturated carbocycles. The van der Waals surface area contributed by atoms with Gasteiger partial charge in [0.15, 0.2) is 5.75 Å². The maximum absolute atomic E-state index is 14.0. The summed E-state index contributed by atoms with van der Waals surface area (Å²) < 4.78 is 29.9. The van der Waals surface area contributed by atoms with Gasteiger partial charge in [0.25, 0.3) is 0 Å². The zero-order valence-electron chi connectivity index (χ0n) is 38.8. The van der Waals surface area contributed by atoms with Crippen molar-refractivity contribution in [2.75, 3.05) is 52.8 Å². The number of nitrogens with zero attached hydrogens (tertiary/aromatic N) is 1. The fourth-order valence-corrected chi connectivity index (χ4v) is 10.0. The molecule has 1 fully saturated rings. The highest BCUT2D eigenvalue weighted by Gasteiger charge is 2.44. The number of halogens is 1. The first-order chi connectivity index (χ1) is 32.6. The number of β-amino-alcohol motifs (C(OH)–C–C–N with tert-alkyl or cyclic N) is 1. The lowest BCUT2D eigenvalue weighted by Gasteiger charge is -2.35. The Labute approximate surface area is 409 Å². The molecule has 4 N–H and O–H groups in total. The number of aryl methyl sites for hydroxylation is 1. The molecule has 16 heteroatoms. The Morgan fingerprint density at radius 1 is 0.809 bits per heavy atom. The van der Waals surface area contributed by atoms with Crippen molar-refractivity contribution >= 4 is 62.1 Å². The third-order valence-corrected chi connectivity index (χ3v) is 13.9. The highest BCUT2D eigenvalue weighted by atomic mass is 35.5. The van der Waals surface area contributed by atoms with Crippen molar-refractivity contribution < 1.29 is 48.3 Å². The zero-order chi connectivity index (χ0) is 48.4. The molecule has 360 valence electrons. The molecule has 68 heavy (non-hydrogen) atoms. The number of carbonyl (C=O) groups is 3. The monoisotopic (exact) mass is 983 g/mol. The molecular weight excluding hydrogens is 926 g/mol. The first-order valence-corrected chi connectivity index (χ1v) is 24.6. The maximum Gasteiger partial charge on any atom is 0.246 e. The number of carbonyl (C=O) groups excluding carboxylic acids is 3. The number of nitrogens with one attached hydrogen (secondary N) is 2. The van der Waals surface area contributed by atoms with Crippen LogP contribution in [0.15, 0.2) is 102 Å². The van der Waals surface area contributed by atoms with E-state index in [1.165, 1.54) is 26.7 Å². The lowest BCUT2D eigenvalue weighted by molar-refractivity contribution is -0.144. The second-order valence-corrected chi connectivity index (χ2v) is 20.1. The van der Waals surface area contributed by atoms with Crippen molar-refractivity contribution in [1.82, 2.24) is 15.5 Å². The van der Waals surface area contributed by atoms with Crippen molar-refractivity contribution in [3.63, 3.8) is 0 Å². The number of ether oxygens (including phenoxy) is 5. The van der Waals surface area contributed by atoms with Gasteiger partial charge in [0.05, 0.1) is 50.1 Å². The number of phenols is 1. The Hall–Kier alpha value is -5.52. The molecule has 6 aromatic rings. The van der Waals surface area contributed by atoms with Crippen LogP contribution in [-0.2, 0) is 28.6 Å². The lowest BCUT2D eigenvalue weighted by Crippen LogP contribution is -2.58. The summed E-state index contributed by atoms with van der Waals surface area (Å²) in [7, 11) is 0. The Morgan fingerprint density at radius 2 is 1.44 bits per heavy atom.